The van der Waals surface area contributed by atoms with E-state index in [-0.39, 0.29) is 5.82 Å². The zero-order valence-electron chi connectivity index (χ0n) is 12.5. The lowest BCUT2D eigenvalue weighted by molar-refractivity contribution is 0.0558. The van der Waals surface area contributed by atoms with Crippen LogP contribution in [-0.4, -0.2) is 29.4 Å². The molecule has 0 radical (unpaired) electrons. The van der Waals surface area contributed by atoms with Crippen molar-refractivity contribution < 1.29 is 14.6 Å². The summed E-state index contributed by atoms with van der Waals surface area (Å²) < 4.78 is 13.7. The van der Waals surface area contributed by atoms with Gasteiger partial charge in [-0.2, -0.15) is 0 Å². The molecule has 1 saturated carbocycles. The van der Waals surface area contributed by atoms with Crippen LogP contribution in [0.3, 0.4) is 0 Å². The van der Waals surface area contributed by atoms with Gasteiger partial charge in [0.05, 0.1) is 11.7 Å². The minimum atomic E-state index is -0.735. The van der Waals surface area contributed by atoms with Gasteiger partial charge in [-0.15, -0.1) is 0 Å². The van der Waals surface area contributed by atoms with Gasteiger partial charge in [-0.1, -0.05) is 12.8 Å². The molecule has 0 aromatic heterocycles. The fourth-order valence-corrected chi connectivity index (χ4v) is 3.06. The van der Waals surface area contributed by atoms with Crippen LogP contribution in [0.4, 0.5) is 10.1 Å². The van der Waals surface area contributed by atoms with Gasteiger partial charge in [-0.25, -0.2) is 4.39 Å². The molecule has 0 spiro atoms. The number of nitrogens with zero attached hydrogens (tertiary/aromatic N) is 1. The minimum absolute atomic E-state index is 0.308. The van der Waals surface area contributed by atoms with Gasteiger partial charge in [0.1, 0.15) is 5.82 Å². The van der Waals surface area contributed by atoms with E-state index < -0.39 is 11.7 Å². The van der Waals surface area contributed by atoms with E-state index in [1.807, 2.05) is 11.9 Å². The summed E-state index contributed by atoms with van der Waals surface area (Å²) in [6, 6.07) is 3.14. The van der Waals surface area contributed by atoms with Crippen LogP contribution in [0, 0.1) is 12.7 Å². The molecular formula is C16H24FNO2. The summed E-state index contributed by atoms with van der Waals surface area (Å²) in [7, 11) is 1.88. The van der Waals surface area contributed by atoms with Gasteiger partial charge in [0.15, 0.2) is 0 Å². The molecule has 1 aromatic rings. The van der Waals surface area contributed by atoms with E-state index in [1.54, 1.807) is 19.9 Å². The molecule has 1 atom stereocenters. The molecular weight excluding hydrogens is 257 g/mol. The predicted octanol–water partition coefficient (Wildman–Crippen LogP) is 2.93. The first-order valence-electron chi connectivity index (χ1n) is 7.24. The number of benzene rings is 1. The lowest BCUT2D eigenvalue weighted by Gasteiger charge is -2.32. The minimum Gasteiger partial charge on any atom is -0.389 e. The Morgan fingerprint density at radius 2 is 1.95 bits per heavy atom. The summed E-state index contributed by atoms with van der Waals surface area (Å²) in [5, 5.41) is 20.3. The first-order valence-corrected chi connectivity index (χ1v) is 7.24. The lowest BCUT2D eigenvalue weighted by Crippen LogP contribution is -2.39. The van der Waals surface area contributed by atoms with Crippen LogP contribution < -0.4 is 4.90 Å². The van der Waals surface area contributed by atoms with Crippen molar-refractivity contribution in [2.24, 2.45) is 0 Å². The molecule has 2 N–H and O–H groups in total. The first kappa shape index (κ1) is 15.3. The molecule has 0 saturated heterocycles. The topological polar surface area (TPSA) is 43.7 Å². The Kier molecular flexibility index (Phi) is 4.35. The molecule has 0 aliphatic heterocycles. The number of anilines is 1. The van der Waals surface area contributed by atoms with Crippen LogP contribution in [0.25, 0.3) is 0 Å². The normalized spacial score (nSPS) is 19.1. The third-order valence-corrected chi connectivity index (χ3v) is 4.24. The summed E-state index contributed by atoms with van der Waals surface area (Å²) in [5.41, 5.74) is 1.25. The number of halogens is 1. The molecule has 0 heterocycles. The van der Waals surface area contributed by atoms with E-state index in [0.717, 1.165) is 31.4 Å². The van der Waals surface area contributed by atoms with E-state index in [0.29, 0.717) is 17.7 Å². The number of aliphatic hydroxyl groups is 2. The standard InChI is InChI=1S/C16H24FNO2/c1-11-8-15(13(12(2)19)9-14(11)17)18(3)10-16(20)6-4-5-7-16/h8-9,12,19-20H,4-7,10H2,1-3H3/t12-/m1/s1. The molecule has 1 fully saturated rings. The Morgan fingerprint density at radius 3 is 2.50 bits per heavy atom. The highest BCUT2D eigenvalue weighted by Crippen LogP contribution is 2.34. The van der Waals surface area contributed by atoms with Gasteiger partial charge in [-0.05, 0) is 44.4 Å². The molecule has 0 bridgehead atoms. The van der Waals surface area contributed by atoms with Crippen molar-refractivity contribution in [2.75, 3.05) is 18.5 Å². The van der Waals surface area contributed by atoms with Crippen LogP contribution in [-0.2, 0) is 0 Å². The molecule has 1 aliphatic carbocycles. The maximum atomic E-state index is 13.7. The third-order valence-electron chi connectivity index (χ3n) is 4.24. The maximum absolute atomic E-state index is 13.7. The monoisotopic (exact) mass is 281 g/mol. The summed E-state index contributed by atoms with van der Waals surface area (Å²) in [5.74, 6) is -0.308. The van der Waals surface area contributed by atoms with Crippen molar-refractivity contribution in [1.29, 1.82) is 0 Å². The Bertz CT molecular complexity index is 482. The number of likely N-dealkylation sites (N-methyl/N-ethyl adjacent to an activating group) is 1. The fraction of sp³-hybridized carbons (Fsp3) is 0.625. The van der Waals surface area contributed by atoms with Gasteiger partial charge < -0.3 is 15.1 Å². The van der Waals surface area contributed by atoms with Crippen LogP contribution in [0.15, 0.2) is 12.1 Å². The van der Waals surface area contributed by atoms with E-state index in [2.05, 4.69) is 0 Å². The second-order valence-corrected chi connectivity index (χ2v) is 6.12. The Labute approximate surface area is 120 Å². The zero-order valence-corrected chi connectivity index (χ0v) is 12.5. The van der Waals surface area contributed by atoms with Crippen LogP contribution in [0.2, 0.25) is 0 Å². The molecule has 1 aromatic carbocycles. The quantitative estimate of drug-likeness (QED) is 0.892. The second kappa shape index (κ2) is 5.70. The van der Waals surface area contributed by atoms with E-state index in [1.165, 1.54) is 6.07 Å². The van der Waals surface area contributed by atoms with Gasteiger partial charge in [0.2, 0.25) is 0 Å². The molecule has 1 aliphatic rings. The van der Waals surface area contributed by atoms with Crippen molar-refractivity contribution in [3.63, 3.8) is 0 Å². The van der Waals surface area contributed by atoms with E-state index in [9.17, 15) is 14.6 Å². The summed E-state index contributed by atoms with van der Waals surface area (Å²) in [4.78, 5) is 1.93. The molecule has 4 heteroatoms. The first-order chi connectivity index (χ1) is 9.32. The van der Waals surface area contributed by atoms with Crippen LogP contribution >= 0.6 is 0 Å². The highest BCUT2D eigenvalue weighted by molar-refractivity contribution is 5.56. The van der Waals surface area contributed by atoms with Gasteiger partial charge in [-0.3, -0.25) is 0 Å². The SMILES string of the molecule is Cc1cc(N(C)CC2(O)CCCC2)c([C@@H](C)O)cc1F. The largest absolute Gasteiger partial charge is 0.389 e. The molecule has 0 unspecified atom stereocenters. The Morgan fingerprint density at radius 1 is 1.35 bits per heavy atom. The number of aliphatic hydroxyl groups excluding tert-OH is 1. The average Bonchev–Trinajstić information content (AvgIpc) is 2.78. The average molecular weight is 281 g/mol. The van der Waals surface area contributed by atoms with E-state index in [4.69, 9.17) is 0 Å². The number of hydrogen-bond donors (Lipinski definition) is 2. The highest BCUT2D eigenvalue weighted by atomic mass is 19.1. The number of rotatable bonds is 4. The van der Waals surface area contributed by atoms with Crippen molar-refractivity contribution in [1.82, 2.24) is 0 Å². The molecule has 2 rings (SSSR count). The van der Waals surface area contributed by atoms with Crippen LogP contribution in [0.1, 0.15) is 49.8 Å². The van der Waals surface area contributed by atoms with Crippen molar-refractivity contribution in [2.45, 2.75) is 51.2 Å². The molecule has 112 valence electrons. The molecule has 0 amide bonds. The van der Waals surface area contributed by atoms with Crippen molar-refractivity contribution in [3.05, 3.63) is 29.1 Å². The summed E-state index contributed by atoms with van der Waals surface area (Å²) >= 11 is 0. The second-order valence-electron chi connectivity index (χ2n) is 6.12. The number of aryl methyl sites for hydroxylation is 1. The third kappa shape index (κ3) is 3.13. The Balaban J connectivity index is 2.28. The Hall–Kier alpha value is -1.13. The predicted molar refractivity (Wildman–Crippen MR) is 78.5 cm³/mol. The van der Waals surface area contributed by atoms with E-state index >= 15 is 0 Å². The maximum Gasteiger partial charge on any atom is 0.126 e. The molecule has 3 nitrogen and oxygen atoms in total. The fourth-order valence-electron chi connectivity index (χ4n) is 3.06. The smallest absolute Gasteiger partial charge is 0.126 e. The van der Waals surface area contributed by atoms with Crippen molar-refractivity contribution >= 4 is 5.69 Å². The van der Waals surface area contributed by atoms with Gasteiger partial charge >= 0.3 is 0 Å². The van der Waals surface area contributed by atoms with Crippen LogP contribution in [0.5, 0.6) is 0 Å². The lowest BCUT2D eigenvalue weighted by atomic mass is 9.99. The van der Waals surface area contributed by atoms with Crippen molar-refractivity contribution in [3.8, 4) is 0 Å². The number of hydrogen-bond acceptors (Lipinski definition) is 3. The zero-order chi connectivity index (χ0) is 14.9. The van der Waals surface area contributed by atoms with Gasteiger partial charge in [0, 0.05) is 24.8 Å². The summed E-state index contributed by atoms with van der Waals surface area (Å²) in [6.45, 7) is 3.85. The summed E-state index contributed by atoms with van der Waals surface area (Å²) in [6.07, 6.45) is 2.98. The molecule has 20 heavy (non-hydrogen) atoms. The highest BCUT2D eigenvalue weighted by Gasteiger charge is 2.33. The van der Waals surface area contributed by atoms with Gasteiger partial charge in [0.25, 0.3) is 0 Å².